The number of benzene rings is 1. The molecule has 1 aromatic carbocycles. The van der Waals surface area contributed by atoms with Crippen molar-refractivity contribution < 1.29 is 9.53 Å². The summed E-state index contributed by atoms with van der Waals surface area (Å²) in [6, 6.07) is 12.5. The van der Waals surface area contributed by atoms with Crippen molar-refractivity contribution in [3.05, 3.63) is 58.4 Å². The van der Waals surface area contributed by atoms with Crippen molar-refractivity contribution in [3.63, 3.8) is 0 Å². The highest BCUT2D eigenvalue weighted by molar-refractivity contribution is 7.10. The van der Waals surface area contributed by atoms with Gasteiger partial charge in [0.05, 0.1) is 24.8 Å². The number of nitrogens with one attached hydrogen (secondary N) is 1. The van der Waals surface area contributed by atoms with E-state index < -0.39 is 0 Å². The molecule has 1 saturated heterocycles. The van der Waals surface area contributed by atoms with E-state index in [-0.39, 0.29) is 11.9 Å². The fourth-order valence-corrected chi connectivity index (χ4v) is 4.61. The maximum atomic E-state index is 13.0. The van der Waals surface area contributed by atoms with Crippen LogP contribution >= 0.6 is 11.3 Å². The van der Waals surface area contributed by atoms with E-state index in [1.165, 1.54) is 4.88 Å². The van der Waals surface area contributed by atoms with Crippen molar-refractivity contribution in [1.29, 1.82) is 0 Å². The van der Waals surface area contributed by atoms with Crippen LogP contribution in [0.15, 0.2) is 48.0 Å². The van der Waals surface area contributed by atoms with Gasteiger partial charge in [0.15, 0.2) is 0 Å². The van der Waals surface area contributed by atoms with E-state index >= 15 is 0 Å². The second kappa shape index (κ2) is 8.25. The van der Waals surface area contributed by atoms with Gasteiger partial charge in [0.1, 0.15) is 0 Å². The molecular formula is C21H25N3O2S. The molecule has 0 aliphatic carbocycles. The van der Waals surface area contributed by atoms with Crippen LogP contribution in [0.1, 0.15) is 28.2 Å². The monoisotopic (exact) mass is 383 g/mol. The SMILES string of the molecule is CCn1cc(C(=O)NCC(c2cccs2)N2CCOCC2)c2ccccc21. The molecule has 2 aromatic heterocycles. The van der Waals surface area contributed by atoms with E-state index in [4.69, 9.17) is 4.74 Å². The van der Waals surface area contributed by atoms with Crippen molar-refractivity contribution in [2.75, 3.05) is 32.8 Å². The predicted molar refractivity (Wildman–Crippen MR) is 109 cm³/mol. The van der Waals surface area contributed by atoms with Gasteiger partial charge in [0, 0.05) is 48.2 Å². The van der Waals surface area contributed by atoms with E-state index in [0.717, 1.165) is 49.3 Å². The molecule has 3 heterocycles. The molecule has 142 valence electrons. The molecule has 1 atom stereocenters. The van der Waals surface area contributed by atoms with Crippen molar-refractivity contribution in [1.82, 2.24) is 14.8 Å². The van der Waals surface area contributed by atoms with E-state index in [9.17, 15) is 4.79 Å². The molecule has 1 aliphatic rings. The Labute approximate surface area is 163 Å². The highest BCUT2D eigenvalue weighted by atomic mass is 32.1. The first-order chi connectivity index (χ1) is 13.3. The van der Waals surface area contributed by atoms with Gasteiger partial charge in [-0.25, -0.2) is 0 Å². The third kappa shape index (κ3) is 3.78. The van der Waals surface area contributed by atoms with Gasteiger partial charge in [0.2, 0.25) is 0 Å². The number of ether oxygens (including phenoxy) is 1. The van der Waals surface area contributed by atoms with Gasteiger partial charge in [-0.1, -0.05) is 24.3 Å². The van der Waals surface area contributed by atoms with E-state index in [1.54, 1.807) is 11.3 Å². The minimum Gasteiger partial charge on any atom is -0.379 e. The molecule has 0 bridgehead atoms. The molecule has 1 fully saturated rings. The third-order valence-electron chi connectivity index (χ3n) is 5.19. The smallest absolute Gasteiger partial charge is 0.253 e. The highest BCUT2D eigenvalue weighted by Crippen LogP contribution is 2.26. The van der Waals surface area contributed by atoms with Crippen LogP contribution in [0.5, 0.6) is 0 Å². The fourth-order valence-electron chi connectivity index (χ4n) is 3.75. The molecule has 0 spiro atoms. The van der Waals surface area contributed by atoms with Crippen LogP contribution in [0.2, 0.25) is 0 Å². The van der Waals surface area contributed by atoms with E-state index in [1.807, 2.05) is 24.4 Å². The number of carbonyl (C=O) groups is 1. The summed E-state index contributed by atoms with van der Waals surface area (Å²) in [6.45, 7) is 6.84. The number of rotatable bonds is 6. The van der Waals surface area contributed by atoms with Crippen LogP contribution in [-0.4, -0.2) is 48.2 Å². The summed E-state index contributed by atoms with van der Waals surface area (Å²) in [4.78, 5) is 16.7. The molecule has 4 rings (SSSR count). The van der Waals surface area contributed by atoms with Crippen molar-refractivity contribution in [2.24, 2.45) is 0 Å². The Hall–Kier alpha value is -2.15. The first-order valence-corrected chi connectivity index (χ1v) is 10.4. The summed E-state index contributed by atoms with van der Waals surface area (Å²) in [5, 5.41) is 6.29. The minimum absolute atomic E-state index is 0.00628. The number of hydrogen-bond donors (Lipinski definition) is 1. The standard InChI is InChI=1S/C21H25N3O2S/c1-2-23-15-17(16-6-3-4-7-18(16)23)21(25)22-14-19(20-8-5-13-27-20)24-9-11-26-12-10-24/h3-8,13,15,19H,2,9-12,14H2,1H3,(H,22,25). The summed E-state index contributed by atoms with van der Waals surface area (Å²) >= 11 is 1.74. The average Bonchev–Trinajstić information content (AvgIpc) is 3.37. The number of hydrogen-bond acceptors (Lipinski definition) is 4. The number of aryl methyl sites for hydroxylation is 1. The predicted octanol–water partition coefficient (Wildman–Crippen LogP) is 3.53. The molecular weight excluding hydrogens is 358 g/mol. The lowest BCUT2D eigenvalue weighted by atomic mass is 10.1. The lowest BCUT2D eigenvalue weighted by molar-refractivity contribution is 0.0169. The molecule has 1 N–H and O–H groups in total. The topological polar surface area (TPSA) is 46.5 Å². The van der Waals surface area contributed by atoms with Crippen LogP contribution in [0, 0.1) is 0 Å². The summed E-state index contributed by atoms with van der Waals surface area (Å²) < 4.78 is 7.63. The van der Waals surface area contributed by atoms with Crippen molar-refractivity contribution in [3.8, 4) is 0 Å². The molecule has 0 radical (unpaired) electrons. The maximum absolute atomic E-state index is 13.0. The van der Waals surface area contributed by atoms with Crippen LogP contribution in [0.25, 0.3) is 10.9 Å². The second-order valence-corrected chi connectivity index (χ2v) is 7.71. The van der Waals surface area contributed by atoms with E-state index in [2.05, 4.69) is 45.3 Å². The molecule has 1 amide bonds. The van der Waals surface area contributed by atoms with Crippen LogP contribution < -0.4 is 5.32 Å². The zero-order valence-corrected chi connectivity index (χ0v) is 16.4. The first kappa shape index (κ1) is 18.2. The summed E-state index contributed by atoms with van der Waals surface area (Å²) in [6.07, 6.45) is 1.97. The zero-order chi connectivity index (χ0) is 18.6. The van der Waals surface area contributed by atoms with Crippen LogP contribution in [0.4, 0.5) is 0 Å². The minimum atomic E-state index is -0.00628. The summed E-state index contributed by atoms with van der Waals surface area (Å²) in [5.74, 6) is -0.00628. The Morgan fingerprint density at radius 2 is 2.04 bits per heavy atom. The normalized spacial score (nSPS) is 16.5. The number of morpholine rings is 1. The molecule has 1 aliphatic heterocycles. The lowest BCUT2D eigenvalue weighted by Crippen LogP contribution is -2.43. The van der Waals surface area contributed by atoms with Gasteiger partial charge < -0.3 is 14.6 Å². The molecule has 5 nitrogen and oxygen atoms in total. The van der Waals surface area contributed by atoms with Gasteiger partial charge in [-0.05, 0) is 24.4 Å². The largest absolute Gasteiger partial charge is 0.379 e. The third-order valence-corrected chi connectivity index (χ3v) is 6.16. The average molecular weight is 384 g/mol. The summed E-state index contributed by atoms with van der Waals surface area (Å²) in [5.41, 5.74) is 1.85. The Kier molecular flexibility index (Phi) is 5.57. The first-order valence-electron chi connectivity index (χ1n) is 9.49. The molecule has 6 heteroatoms. The molecule has 1 unspecified atom stereocenters. The molecule has 3 aromatic rings. The van der Waals surface area contributed by atoms with Crippen molar-refractivity contribution >= 4 is 28.1 Å². The van der Waals surface area contributed by atoms with Crippen molar-refractivity contribution in [2.45, 2.75) is 19.5 Å². The Morgan fingerprint density at radius 3 is 2.78 bits per heavy atom. The second-order valence-electron chi connectivity index (χ2n) is 6.74. The van der Waals surface area contributed by atoms with Crippen LogP contribution in [0.3, 0.4) is 0 Å². The highest BCUT2D eigenvalue weighted by Gasteiger charge is 2.24. The number of carbonyl (C=O) groups excluding carboxylic acids is 1. The number of thiophene rings is 1. The fraction of sp³-hybridized carbons (Fsp3) is 0.381. The summed E-state index contributed by atoms with van der Waals surface area (Å²) in [7, 11) is 0. The lowest BCUT2D eigenvalue weighted by Gasteiger charge is -2.34. The molecule has 0 saturated carbocycles. The zero-order valence-electron chi connectivity index (χ0n) is 15.6. The number of aromatic nitrogens is 1. The van der Waals surface area contributed by atoms with Gasteiger partial charge >= 0.3 is 0 Å². The maximum Gasteiger partial charge on any atom is 0.253 e. The molecule has 27 heavy (non-hydrogen) atoms. The number of fused-ring (bicyclic) bond motifs is 1. The van der Waals surface area contributed by atoms with Crippen LogP contribution in [-0.2, 0) is 11.3 Å². The number of nitrogens with zero attached hydrogens (tertiary/aromatic N) is 2. The Balaban J connectivity index is 1.53. The number of para-hydroxylation sites is 1. The van der Waals surface area contributed by atoms with Gasteiger partial charge in [-0.15, -0.1) is 11.3 Å². The number of amides is 1. The Morgan fingerprint density at radius 1 is 1.22 bits per heavy atom. The Bertz CT molecular complexity index is 897. The van der Waals surface area contributed by atoms with Gasteiger partial charge in [-0.3, -0.25) is 9.69 Å². The van der Waals surface area contributed by atoms with Gasteiger partial charge in [-0.2, -0.15) is 0 Å². The quantitative estimate of drug-likeness (QED) is 0.708. The van der Waals surface area contributed by atoms with Gasteiger partial charge in [0.25, 0.3) is 5.91 Å². The van der Waals surface area contributed by atoms with E-state index in [0.29, 0.717) is 6.54 Å².